The average Bonchev–Trinajstić information content (AvgIpc) is 2.49. The van der Waals surface area contributed by atoms with Crippen molar-refractivity contribution in [1.29, 1.82) is 0 Å². The van der Waals surface area contributed by atoms with Gasteiger partial charge in [-0.1, -0.05) is 24.3 Å². The predicted molar refractivity (Wildman–Crippen MR) is 79.5 cm³/mol. The molecule has 0 aliphatic heterocycles. The number of hydrogen-bond acceptors (Lipinski definition) is 4. The summed E-state index contributed by atoms with van der Waals surface area (Å²) in [4.78, 5) is 10.8. The third kappa shape index (κ3) is 5.25. The first-order valence-corrected chi connectivity index (χ1v) is 6.92. The van der Waals surface area contributed by atoms with E-state index in [9.17, 15) is 18.7 Å². The molecule has 0 aliphatic carbocycles. The Bertz CT molecular complexity index is 669. The normalized spacial score (nSPS) is 10.6. The van der Waals surface area contributed by atoms with Gasteiger partial charge in [-0.15, -0.1) is 0 Å². The summed E-state index contributed by atoms with van der Waals surface area (Å²) in [5.41, 5.74) is 2.20. The number of carbonyl (C=O) groups excluding carboxylic acids is 1. The lowest BCUT2D eigenvalue weighted by molar-refractivity contribution is -0.142. The van der Waals surface area contributed by atoms with Crippen LogP contribution in [0.4, 0.5) is 8.78 Å². The van der Waals surface area contributed by atoms with E-state index >= 15 is 0 Å². The number of benzene rings is 2. The Hall–Kier alpha value is -2.63. The van der Waals surface area contributed by atoms with Crippen molar-refractivity contribution in [2.45, 2.75) is 26.6 Å². The van der Waals surface area contributed by atoms with Crippen molar-refractivity contribution >= 4 is 5.97 Å². The fourth-order valence-corrected chi connectivity index (χ4v) is 2.04. The van der Waals surface area contributed by atoms with Gasteiger partial charge >= 0.3 is 12.6 Å². The Morgan fingerprint density at radius 3 is 2.35 bits per heavy atom. The van der Waals surface area contributed by atoms with Crippen LogP contribution < -0.4 is 4.74 Å². The second-order valence-electron chi connectivity index (χ2n) is 4.94. The van der Waals surface area contributed by atoms with Crippen LogP contribution in [-0.4, -0.2) is 17.7 Å². The zero-order valence-electron chi connectivity index (χ0n) is 12.5. The van der Waals surface area contributed by atoms with E-state index in [-0.39, 0.29) is 24.1 Å². The lowest BCUT2D eigenvalue weighted by Crippen LogP contribution is -2.01. The van der Waals surface area contributed by atoms with Gasteiger partial charge in [0.15, 0.2) is 0 Å². The highest BCUT2D eigenvalue weighted by molar-refractivity contribution is 5.65. The van der Waals surface area contributed by atoms with Gasteiger partial charge in [0.05, 0.1) is 0 Å². The Morgan fingerprint density at radius 1 is 1.13 bits per heavy atom. The number of phenols is 1. The number of halogens is 2. The molecule has 122 valence electrons. The topological polar surface area (TPSA) is 55.8 Å². The van der Waals surface area contributed by atoms with Crippen molar-refractivity contribution in [3.05, 3.63) is 59.2 Å². The molecule has 4 nitrogen and oxygen atoms in total. The van der Waals surface area contributed by atoms with Gasteiger partial charge in [0.1, 0.15) is 18.1 Å². The third-order valence-electron chi connectivity index (χ3n) is 3.13. The zero-order valence-corrected chi connectivity index (χ0v) is 12.5. The number of ether oxygens (including phenoxy) is 2. The smallest absolute Gasteiger partial charge is 0.387 e. The molecule has 0 fully saturated rings. The number of carbonyl (C=O) groups is 1. The molecule has 2 aromatic rings. The SMILES string of the molecule is CC(=O)OCc1ccc(Cc2ccc(OC(F)F)cc2)c(O)c1. The van der Waals surface area contributed by atoms with Crippen LogP contribution in [0.5, 0.6) is 11.5 Å². The molecule has 2 aromatic carbocycles. The lowest BCUT2D eigenvalue weighted by atomic mass is 10.0. The molecule has 0 amide bonds. The van der Waals surface area contributed by atoms with Crippen molar-refractivity contribution in [2.24, 2.45) is 0 Å². The van der Waals surface area contributed by atoms with Crippen LogP contribution in [0.3, 0.4) is 0 Å². The maximum Gasteiger partial charge on any atom is 0.387 e. The molecule has 1 N–H and O–H groups in total. The summed E-state index contributed by atoms with van der Waals surface area (Å²) >= 11 is 0. The predicted octanol–water partition coefficient (Wildman–Crippen LogP) is 3.65. The molecular weight excluding hydrogens is 306 g/mol. The first-order chi connectivity index (χ1) is 10.9. The van der Waals surface area contributed by atoms with Crippen LogP contribution >= 0.6 is 0 Å². The highest BCUT2D eigenvalue weighted by atomic mass is 19.3. The van der Waals surface area contributed by atoms with Gasteiger partial charge in [-0.2, -0.15) is 8.78 Å². The fourth-order valence-electron chi connectivity index (χ4n) is 2.04. The summed E-state index contributed by atoms with van der Waals surface area (Å²) in [5, 5.41) is 10.0. The maximum atomic E-state index is 12.1. The van der Waals surface area contributed by atoms with E-state index in [4.69, 9.17) is 4.74 Å². The van der Waals surface area contributed by atoms with Gasteiger partial charge < -0.3 is 14.6 Å². The van der Waals surface area contributed by atoms with Crippen LogP contribution in [0.1, 0.15) is 23.6 Å². The minimum atomic E-state index is -2.85. The van der Waals surface area contributed by atoms with Crippen LogP contribution in [0.15, 0.2) is 42.5 Å². The minimum absolute atomic E-state index is 0.0857. The van der Waals surface area contributed by atoms with Gasteiger partial charge in [0.25, 0.3) is 0 Å². The summed E-state index contributed by atoms with van der Waals surface area (Å²) in [7, 11) is 0. The fraction of sp³-hybridized carbons (Fsp3) is 0.235. The molecule has 0 spiro atoms. The van der Waals surface area contributed by atoms with Gasteiger partial charge in [-0.25, -0.2) is 0 Å². The Labute approximate surface area is 132 Å². The molecule has 0 unspecified atom stereocenters. The monoisotopic (exact) mass is 322 g/mol. The summed E-state index contributed by atoms with van der Waals surface area (Å²) in [6, 6.07) is 11.2. The Kier molecular flexibility index (Phi) is 5.51. The van der Waals surface area contributed by atoms with Crippen molar-refractivity contribution in [3.8, 4) is 11.5 Å². The molecule has 0 radical (unpaired) electrons. The number of rotatable bonds is 6. The average molecular weight is 322 g/mol. The standard InChI is InChI=1S/C17H16F2O4/c1-11(20)22-10-13-2-5-14(16(21)9-13)8-12-3-6-15(7-4-12)23-17(18)19/h2-7,9,17,21H,8,10H2,1H3. The quantitative estimate of drug-likeness (QED) is 0.825. The molecule has 23 heavy (non-hydrogen) atoms. The molecule has 0 saturated heterocycles. The number of hydrogen-bond donors (Lipinski definition) is 1. The van der Waals surface area contributed by atoms with Crippen LogP contribution in [0.2, 0.25) is 0 Å². The van der Waals surface area contributed by atoms with E-state index in [0.29, 0.717) is 17.5 Å². The largest absolute Gasteiger partial charge is 0.508 e. The van der Waals surface area contributed by atoms with Gasteiger partial charge in [0, 0.05) is 13.3 Å². The molecule has 0 bridgehead atoms. The summed E-state index contributed by atoms with van der Waals surface area (Å²) in [6.45, 7) is -1.44. The summed E-state index contributed by atoms with van der Waals surface area (Å²) < 4.78 is 33.3. The number of alkyl halides is 2. The van der Waals surface area contributed by atoms with Gasteiger partial charge in [-0.05, 0) is 34.9 Å². The highest BCUT2D eigenvalue weighted by Crippen LogP contribution is 2.24. The van der Waals surface area contributed by atoms with Crippen LogP contribution in [0, 0.1) is 0 Å². The third-order valence-corrected chi connectivity index (χ3v) is 3.13. The first kappa shape index (κ1) is 16.7. The molecule has 0 aliphatic rings. The first-order valence-electron chi connectivity index (χ1n) is 6.92. The van der Waals surface area contributed by atoms with E-state index in [1.54, 1.807) is 24.3 Å². The minimum Gasteiger partial charge on any atom is -0.508 e. The second-order valence-corrected chi connectivity index (χ2v) is 4.94. The molecule has 0 heterocycles. The number of aromatic hydroxyl groups is 1. The Balaban J connectivity index is 2.03. The van der Waals surface area contributed by atoms with E-state index in [2.05, 4.69) is 4.74 Å². The maximum absolute atomic E-state index is 12.1. The highest BCUT2D eigenvalue weighted by Gasteiger charge is 2.07. The van der Waals surface area contributed by atoms with Crippen molar-refractivity contribution in [2.75, 3.05) is 0 Å². The van der Waals surface area contributed by atoms with Crippen LogP contribution in [0.25, 0.3) is 0 Å². The van der Waals surface area contributed by atoms with E-state index in [1.807, 2.05) is 0 Å². The second kappa shape index (κ2) is 7.58. The summed E-state index contributed by atoms with van der Waals surface area (Å²) in [5.74, 6) is -0.216. The van der Waals surface area contributed by atoms with Crippen molar-refractivity contribution in [3.63, 3.8) is 0 Å². The zero-order chi connectivity index (χ0) is 16.8. The summed E-state index contributed by atoms with van der Waals surface area (Å²) in [6.07, 6.45) is 0.439. The molecule has 0 aromatic heterocycles. The van der Waals surface area contributed by atoms with E-state index in [0.717, 1.165) is 5.56 Å². The van der Waals surface area contributed by atoms with E-state index < -0.39 is 6.61 Å². The molecule has 0 atom stereocenters. The number of phenolic OH excluding ortho intramolecular Hbond substituents is 1. The molecule has 6 heteroatoms. The van der Waals surface area contributed by atoms with E-state index in [1.165, 1.54) is 25.1 Å². The van der Waals surface area contributed by atoms with Crippen molar-refractivity contribution < 1.29 is 28.2 Å². The molecule has 2 rings (SSSR count). The van der Waals surface area contributed by atoms with Gasteiger partial charge in [-0.3, -0.25) is 4.79 Å². The van der Waals surface area contributed by atoms with Gasteiger partial charge in [0.2, 0.25) is 0 Å². The van der Waals surface area contributed by atoms with Crippen molar-refractivity contribution in [1.82, 2.24) is 0 Å². The molecule has 0 saturated carbocycles. The Morgan fingerprint density at radius 2 is 1.78 bits per heavy atom. The van der Waals surface area contributed by atoms with Crippen LogP contribution in [-0.2, 0) is 22.6 Å². The molecular formula is C17H16F2O4. The number of esters is 1. The lowest BCUT2D eigenvalue weighted by Gasteiger charge is -2.09.